The molecule has 0 aliphatic heterocycles. The van der Waals surface area contributed by atoms with Gasteiger partial charge in [0.05, 0.1) is 23.1 Å². The largest absolute Gasteiger partial charge is 0.291 e. The van der Waals surface area contributed by atoms with Gasteiger partial charge in [-0.25, -0.2) is 4.98 Å². The van der Waals surface area contributed by atoms with Crippen LogP contribution in [0.4, 0.5) is 0 Å². The third-order valence-corrected chi connectivity index (χ3v) is 6.14. The van der Waals surface area contributed by atoms with Gasteiger partial charge in [0.2, 0.25) is 0 Å². The maximum absolute atomic E-state index is 12.6. The highest BCUT2D eigenvalue weighted by atomic mass is 32.1. The molecule has 0 N–H and O–H groups in total. The van der Waals surface area contributed by atoms with Crippen LogP contribution in [0.1, 0.15) is 31.9 Å². The Bertz CT molecular complexity index is 918. The minimum atomic E-state index is -0.132. The van der Waals surface area contributed by atoms with Gasteiger partial charge in [-0.05, 0) is 38.0 Å². The third kappa shape index (κ3) is 2.53. The molecule has 0 aliphatic rings. The van der Waals surface area contributed by atoms with Crippen LogP contribution in [0.2, 0.25) is 0 Å². The average Bonchev–Trinajstić information content (AvgIpc) is 3.08. The molecule has 0 fully saturated rings. The summed E-state index contributed by atoms with van der Waals surface area (Å²) >= 11 is 3.01. The van der Waals surface area contributed by atoms with Crippen molar-refractivity contribution in [1.29, 1.82) is 0 Å². The Hall–Kier alpha value is -1.79. The van der Waals surface area contributed by atoms with Crippen LogP contribution in [0.15, 0.2) is 23.3 Å². The molecule has 0 radical (unpaired) electrons. The van der Waals surface area contributed by atoms with E-state index in [0.717, 1.165) is 21.7 Å². The lowest BCUT2D eigenvalue weighted by molar-refractivity contribution is 0.0974. The second-order valence-electron chi connectivity index (χ2n) is 5.18. The summed E-state index contributed by atoms with van der Waals surface area (Å²) in [5.41, 5.74) is 0.830. The van der Waals surface area contributed by atoms with Gasteiger partial charge >= 0.3 is 0 Å². The van der Waals surface area contributed by atoms with Gasteiger partial charge < -0.3 is 0 Å². The van der Waals surface area contributed by atoms with E-state index in [0.29, 0.717) is 10.3 Å². The van der Waals surface area contributed by atoms with E-state index in [4.69, 9.17) is 0 Å². The van der Waals surface area contributed by atoms with Crippen LogP contribution in [0, 0.1) is 13.8 Å². The Morgan fingerprint density at radius 3 is 2.73 bits per heavy atom. The normalized spacial score (nSPS) is 11.2. The van der Waals surface area contributed by atoms with E-state index in [9.17, 15) is 9.59 Å². The first-order valence-corrected chi connectivity index (χ1v) is 8.71. The molecule has 4 nitrogen and oxygen atoms in total. The lowest BCUT2D eigenvalue weighted by Crippen LogP contribution is -2.24. The van der Waals surface area contributed by atoms with Crippen molar-refractivity contribution in [1.82, 2.24) is 9.55 Å². The van der Waals surface area contributed by atoms with Crippen LogP contribution >= 0.6 is 22.7 Å². The van der Waals surface area contributed by atoms with Crippen molar-refractivity contribution in [3.05, 3.63) is 49.0 Å². The second kappa shape index (κ2) is 5.78. The Balaban J connectivity index is 1.97. The Morgan fingerprint density at radius 1 is 1.27 bits per heavy atom. The quantitative estimate of drug-likeness (QED) is 0.686. The summed E-state index contributed by atoms with van der Waals surface area (Å²) in [5.74, 6) is -0.0439. The molecule has 0 saturated carbocycles. The number of fused-ring (bicyclic) bond motifs is 1. The van der Waals surface area contributed by atoms with E-state index in [1.54, 1.807) is 0 Å². The lowest BCUT2D eigenvalue weighted by atomic mass is 10.2. The highest BCUT2D eigenvalue weighted by Crippen LogP contribution is 2.25. The minimum Gasteiger partial charge on any atom is -0.291 e. The highest BCUT2D eigenvalue weighted by Gasteiger charge is 2.15. The number of aromatic nitrogens is 2. The number of nitrogens with zero attached hydrogens (tertiary/aromatic N) is 2. The van der Waals surface area contributed by atoms with Gasteiger partial charge in [0.15, 0.2) is 5.78 Å². The molecule has 0 unspecified atom stereocenters. The molecule has 6 heteroatoms. The van der Waals surface area contributed by atoms with Crippen molar-refractivity contribution in [2.24, 2.45) is 0 Å². The van der Waals surface area contributed by atoms with E-state index >= 15 is 0 Å². The highest BCUT2D eigenvalue weighted by molar-refractivity contribution is 7.18. The van der Waals surface area contributed by atoms with Gasteiger partial charge in [-0.1, -0.05) is 6.92 Å². The summed E-state index contributed by atoms with van der Waals surface area (Å²) in [6.45, 7) is 6.01. The van der Waals surface area contributed by atoms with Gasteiger partial charge in [0, 0.05) is 9.75 Å². The molecule has 114 valence electrons. The second-order valence-corrected chi connectivity index (χ2v) is 7.56. The summed E-state index contributed by atoms with van der Waals surface area (Å²) in [4.78, 5) is 33.0. The molecule has 0 amide bonds. The first-order valence-electron chi connectivity index (χ1n) is 7.08. The topological polar surface area (TPSA) is 52.0 Å². The van der Waals surface area contributed by atoms with Gasteiger partial charge in [-0.15, -0.1) is 22.7 Å². The number of aryl methyl sites for hydroxylation is 3. The first-order chi connectivity index (χ1) is 10.5. The van der Waals surface area contributed by atoms with E-state index in [1.807, 2.05) is 26.0 Å². The van der Waals surface area contributed by atoms with Gasteiger partial charge in [0.1, 0.15) is 4.83 Å². The molecule has 3 aromatic rings. The molecule has 0 aliphatic carbocycles. The predicted octanol–water partition coefficient (Wildman–Crippen LogP) is 3.58. The molecule has 3 heterocycles. The average molecular weight is 332 g/mol. The van der Waals surface area contributed by atoms with Crippen LogP contribution in [0.3, 0.4) is 0 Å². The molecule has 0 aromatic carbocycles. The monoisotopic (exact) mass is 332 g/mol. The maximum Gasteiger partial charge on any atom is 0.262 e. The van der Waals surface area contributed by atoms with Crippen LogP contribution in [0.25, 0.3) is 10.2 Å². The number of carbonyl (C=O) groups is 1. The van der Waals surface area contributed by atoms with Crippen molar-refractivity contribution in [3.8, 4) is 0 Å². The molecular weight excluding hydrogens is 316 g/mol. The zero-order chi connectivity index (χ0) is 15.9. The number of carbonyl (C=O) groups excluding carboxylic acids is 1. The maximum atomic E-state index is 12.6. The van der Waals surface area contributed by atoms with Crippen molar-refractivity contribution >= 4 is 38.7 Å². The fourth-order valence-corrected chi connectivity index (χ4v) is 4.20. The molecule has 3 rings (SSSR count). The molecule has 0 bridgehead atoms. The van der Waals surface area contributed by atoms with E-state index in [2.05, 4.69) is 11.9 Å². The number of ketones is 1. The van der Waals surface area contributed by atoms with Crippen LogP contribution in [0.5, 0.6) is 0 Å². The minimum absolute atomic E-state index is 0.0414. The van der Waals surface area contributed by atoms with Crippen LogP contribution in [-0.4, -0.2) is 15.3 Å². The zero-order valence-corrected chi connectivity index (χ0v) is 14.3. The number of hydrogen-bond acceptors (Lipinski definition) is 5. The van der Waals surface area contributed by atoms with E-state index in [-0.39, 0.29) is 17.9 Å². The Kier molecular flexibility index (Phi) is 3.97. The van der Waals surface area contributed by atoms with E-state index < -0.39 is 0 Å². The Labute approximate surface area is 136 Å². The number of hydrogen-bond donors (Lipinski definition) is 0. The predicted molar refractivity (Wildman–Crippen MR) is 91.4 cm³/mol. The fourth-order valence-electron chi connectivity index (χ4n) is 2.33. The number of thiophene rings is 2. The molecule has 0 spiro atoms. The summed E-state index contributed by atoms with van der Waals surface area (Å²) in [6, 6.07) is 3.80. The SMILES string of the molecule is CCc1ccc(C(=O)Cn2cnc3sc(C)c(C)c3c2=O)s1. The van der Waals surface area contributed by atoms with Crippen molar-refractivity contribution < 1.29 is 4.79 Å². The standard InChI is InChI=1S/C16H16N2O2S2/c1-4-11-5-6-13(22-11)12(19)7-18-8-17-15-14(16(18)20)9(2)10(3)21-15/h5-6,8H,4,7H2,1-3H3. The molecular formula is C16H16N2O2S2. The summed E-state index contributed by atoms with van der Waals surface area (Å²) in [5, 5.41) is 0.637. The smallest absolute Gasteiger partial charge is 0.262 e. The number of rotatable bonds is 4. The Morgan fingerprint density at radius 2 is 2.05 bits per heavy atom. The fraction of sp³-hybridized carbons (Fsp3) is 0.312. The summed E-state index contributed by atoms with van der Waals surface area (Å²) < 4.78 is 1.41. The van der Waals surface area contributed by atoms with E-state index in [1.165, 1.54) is 38.4 Å². The lowest BCUT2D eigenvalue weighted by Gasteiger charge is -2.03. The molecule has 0 atom stereocenters. The van der Waals surface area contributed by atoms with Crippen LogP contribution < -0.4 is 5.56 Å². The molecule has 22 heavy (non-hydrogen) atoms. The molecule has 3 aromatic heterocycles. The van der Waals surface area contributed by atoms with Gasteiger partial charge in [-0.2, -0.15) is 0 Å². The molecule has 0 saturated heterocycles. The first kappa shape index (κ1) is 15.1. The van der Waals surface area contributed by atoms with Gasteiger partial charge in [0.25, 0.3) is 5.56 Å². The number of Topliss-reactive ketones (excluding diaryl/α,β-unsaturated/α-hetero) is 1. The van der Waals surface area contributed by atoms with Crippen LogP contribution in [-0.2, 0) is 13.0 Å². The van der Waals surface area contributed by atoms with Crippen molar-refractivity contribution in [3.63, 3.8) is 0 Å². The summed E-state index contributed by atoms with van der Waals surface area (Å²) in [7, 11) is 0. The zero-order valence-electron chi connectivity index (χ0n) is 12.7. The van der Waals surface area contributed by atoms with Crippen molar-refractivity contribution in [2.75, 3.05) is 0 Å². The summed E-state index contributed by atoms with van der Waals surface area (Å²) in [6.07, 6.45) is 2.39. The van der Waals surface area contributed by atoms with Gasteiger partial charge in [-0.3, -0.25) is 14.2 Å². The third-order valence-electron chi connectivity index (χ3n) is 3.75. The van der Waals surface area contributed by atoms with Crippen molar-refractivity contribution in [2.45, 2.75) is 33.7 Å².